The molecule has 2 aliphatic rings. The summed E-state index contributed by atoms with van der Waals surface area (Å²) in [6, 6.07) is 4.64. The highest BCUT2D eigenvalue weighted by molar-refractivity contribution is 5.98. The molecule has 2 fully saturated rings. The van der Waals surface area contributed by atoms with Gasteiger partial charge in [0.2, 0.25) is 0 Å². The molecule has 2 unspecified atom stereocenters. The van der Waals surface area contributed by atoms with Gasteiger partial charge in [-0.15, -0.1) is 0 Å². The molecule has 0 bridgehead atoms. The van der Waals surface area contributed by atoms with Gasteiger partial charge in [0.15, 0.2) is 11.6 Å². The van der Waals surface area contributed by atoms with Gasteiger partial charge in [0.25, 0.3) is 5.91 Å². The first kappa shape index (κ1) is 24.0. The van der Waals surface area contributed by atoms with Gasteiger partial charge in [-0.2, -0.15) is 0 Å². The second kappa shape index (κ2) is 10.5. The molecule has 2 atom stereocenters. The maximum absolute atomic E-state index is 14.9. The van der Waals surface area contributed by atoms with Crippen molar-refractivity contribution >= 4 is 29.0 Å². The van der Waals surface area contributed by atoms with Crippen molar-refractivity contribution in [2.45, 2.75) is 37.8 Å². The molecule has 4 heterocycles. The predicted molar refractivity (Wildman–Crippen MR) is 135 cm³/mol. The van der Waals surface area contributed by atoms with Gasteiger partial charge in [-0.1, -0.05) is 12.8 Å². The van der Waals surface area contributed by atoms with Crippen LogP contribution in [0.25, 0.3) is 11.1 Å². The summed E-state index contributed by atoms with van der Waals surface area (Å²) in [4.78, 5) is 23.4. The first-order valence-corrected chi connectivity index (χ1v) is 12.1. The molecule has 1 amide bonds. The van der Waals surface area contributed by atoms with Gasteiger partial charge in [0.1, 0.15) is 11.6 Å². The number of halogens is 1. The van der Waals surface area contributed by atoms with Gasteiger partial charge < -0.3 is 36.2 Å². The van der Waals surface area contributed by atoms with Crippen LogP contribution in [0, 0.1) is 5.82 Å². The molecule has 0 spiro atoms. The average Bonchev–Trinajstić information content (AvgIpc) is 3.42. The molecule has 190 valence electrons. The van der Waals surface area contributed by atoms with E-state index < -0.39 is 11.7 Å². The van der Waals surface area contributed by atoms with Crippen molar-refractivity contribution in [1.82, 2.24) is 9.97 Å². The molecular formula is C25H30FN7O3. The highest BCUT2D eigenvalue weighted by Gasteiger charge is 2.25. The fourth-order valence-electron chi connectivity index (χ4n) is 4.71. The fraction of sp³-hybridized carbons (Fsp3) is 0.400. The Kier molecular flexibility index (Phi) is 7.01. The van der Waals surface area contributed by atoms with Crippen LogP contribution >= 0.6 is 0 Å². The SMILES string of the molecule is NC(=O)c1cc(F)c(NC2CCCCC2N)nc1Nc1cnc(N2CCOCC2)c(-c2ccoc2)c1. The van der Waals surface area contributed by atoms with E-state index in [4.69, 9.17) is 20.6 Å². The van der Waals surface area contributed by atoms with Crippen molar-refractivity contribution in [3.63, 3.8) is 0 Å². The molecule has 3 aromatic heterocycles. The van der Waals surface area contributed by atoms with Gasteiger partial charge in [-0.25, -0.2) is 14.4 Å². The first-order valence-electron chi connectivity index (χ1n) is 12.1. The molecule has 1 saturated carbocycles. The predicted octanol–water partition coefficient (Wildman–Crippen LogP) is 3.24. The molecule has 36 heavy (non-hydrogen) atoms. The molecule has 11 heteroatoms. The number of carbonyl (C=O) groups excluding carboxylic acids is 1. The van der Waals surface area contributed by atoms with Crippen molar-refractivity contribution < 1.29 is 18.3 Å². The molecule has 6 N–H and O–H groups in total. The summed E-state index contributed by atoms with van der Waals surface area (Å²) in [6.07, 6.45) is 8.63. The van der Waals surface area contributed by atoms with E-state index in [1.807, 2.05) is 12.1 Å². The highest BCUT2D eigenvalue weighted by atomic mass is 19.1. The van der Waals surface area contributed by atoms with Crippen LogP contribution in [0.5, 0.6) is 0 Å². The lowest BCUT2D eigenvalue weighted by Gasteiger charge is -2.30. The molecule has 1 saturated heterocycles. The lowest BCUT2D eigenvalue weighted by Crippen LogP contribution is -2.43. The number of nitrogens with two attached hydrogens (primary N) is 2. The van der Waals surface area contributed by atoms with Gasteiger partial charge in [-0.05, 0) is 31.0 Å². The van der Waals surface area contributed by atoms with Crippen LogP contribution in [0.15, 0.2) is 41.3 Å². The Morgan fingerprint density at radius 1 is 1.17 bits per heavy atom. The topological polar surface area (TPSA) is 145 Å². The van der Waals surface area contributed by atoms with Crippen molar-refractivity contribution in [3.05, 3.63) is 48.3 Å². The van der Waals surface area contributed by atoms with Crippen LogP contribution in [-0.4, -0.2) is 54.3 Å². The number of pyridine rings is 2. The maximum atomic E-state index is 14.9. The Morgan fingerprint density at radius 3 is 2.69 bits per heavy atom. The Labute approximate surface area is 208 Å². The third kappa shape index (κ3) is 5.12. The standard InChI is InChI=1S/C25H30FN7O3/c26-19-12-18(22(28)34)23(32-24(19)31-21-4-2-1-3-20(21)27)30-16-11-17(15-5-8-36-14-15)25(29-13-16)33-6-9-35-10-7-33/h5,8,11-14,20-21H,1-4,6-7,9-10,27H2,(H2,28,34)(H2,30,31,32). The lowest BCUT2D eigenvalue weighted by atomic mass is 9.91. The second-order valence-corrected chi connectivity index (χ2v) is 9.11. The van der Waals surface area contributed by atoms with Crippen LogP contribution in [-0.2, 0) is 4.74 Å². The molecular weight excluding hydrogens is 465 g/mol. The quantitative estimate of drug-likeness (QED) is 0.388. The van der Waals surface area contributed by atoms with E-state index in [0.717, 1.165) is 48.7 Å². The minimum absolute atomic E-state index is 0.0257. The van der Waals surface area contributed by atoms with E-state index in [-0.39, 0.29) is 29.3 Å². The second-order valence-electron chi connectivity index (χ2n) is 9.11. The number of ether oxygens (including phenoxy) is 1. The number of nitrogens with one attached hydrogen (secondary N) is 2. The van der Waals surface area contributed by atoms with E-state index in [0.29, 0.717) is 32.0 Å². The monoisotopic (exact) mass is 495 g/mol. The Morgan fingerprint density at radius 2 is 1.97 bits per heavy atom. The molecule has 0 radical (unpaired) electrons. The van der Waals surface area contributed by atoms with Crippen LogP contribution in [0.1, 0.15) is 36.0 Å². The minimum atomic E-state index is -0.794. The van der Waals surface area contributed by atoms with Gasteiger partial charge in [0.05, 0.1) is 43.2 Å². The summed E-state index contributed by atoms with van der Waals surface area (Å²) in [5.74, 6) is -0.501. The smallest absolute Gasteiger partial charge is 0.252 e. The van der Waals surface area contributed by atoms with E-state index in [1.165, 1.54) is 0 Å². The fourth-order valence-corrected chi connectivity index (χ4v) is 4.71. The van der Waals surface area contributed by atoms with E-state index in [1.54, 1.807) is 18.7 Å². The summed E-state index contributed by atoms with van der Waals surface area (Å²) in [5, 5.41) is 6.24. The number of nitrogens with zero attached hydrogens (tertiary/aromatic N) is 3. The number of morpholine rings is 1. The number of furan rings is 1. The third-order valence-electron chi connectivity index (χ3n) is 6.66. The van der Waals surface area contributed by atoms with Crippen molar-refractivity contribution in [2.75, 3.05) is 41.8 Å². The molecule has 5 rings (SSSR count). The largest absolute Gasteiger partial charge is 0.472 e. The Bertz CT molecular complexity index is 1210. The maximum Gasteiger partial charge on any atom is 0.252 e. The number of amides is 1. The molecule has 3 aromatic rings. The van der Waals surface area contributed by atoms with E-state index in [2.05, 4.69) is 25.5 Å². The number of anilines is 4. The normalized spacial score (nSPS) is 20.2. The van der Waals surface area contributed by atoms with E-state index >= 15 is 0 Å². The average molecular weight is 496 g/mol. The molecule has 1 aliphatic carbocycles. The van der Waals surface area contributed by atoms with Crippen LogP contribution in [0.4, 0.5) is 27.5 Å². The highest BCUT2D eigenvalue weighted by Crippen LogP contribution is 2.34. The van der Waals surface area contributed by atoms with Crippen LogP contribution in [0.3, 0.4) is 0 Å². The van der Waals surface area contributed by atoms with Gasteiger partial charge in [0, 0.05) is 36.3 Å². The molecule has 0 aromatic carbocycles. The zero-order chi connectivity index (χ0) is 25.1. The third-order valence-corrected chi connectivity index (χ3v) is 6.66. The summed E-state index contributed by atoms with van der Waals surface area (Å²) in [7, 11) is 0. The van der Waals surface area contributed by atoms with Crippen LogP contribution < -0.4 is 27.0 Å². The Hall–Kier alpha value is -3.70. The van der Waals surface area contributed by atoms with Crippen LogP contribution in [0.2, 0.25) is 0 Å². The zero-order valence-electron chi connectivity index (χ0n) is 19.9. The van der Waals surface area contributed by atoms with Crippen molar-refractivity contribution in [3.8, 4) is 11.1 Å². The number of rotatable bonds is 7. The summed E-state index contributed by atoms with van der Waals surface area (Å²) >= 11 is 0. The van der Waals surface area contributed by atoms with Crippen molar-refractivity contribution in [2.24, 2.45) is 11.5 Å². The van der Waals surface area contributed by atoms with Gasteiger partial charge in [-0.3, -0.25) is 4.79 Å². The van der Waals surface area contributed by atoms with Gasteiger partial charge >= 0.3 is 0 Å². The Balaban J connectivity index is 1.48. The lowest BCUT2D eigenvalue weighted by molar-refractivity contribution is 0.100. The van der Waals surface area contributed by atoms with E-state index in [9.17, 15) is 9.18 Å². The van der Waals surface area contributed by atoms with Crippen molar-refractivity contribution in [1.29, 1.82) is 0 Å². The summed E-state index contributed by atoms with van der Waals surface area (Å²) in [6.45, 7) is 2.67. The first-order chi connectivity index (χ1) is 17.5. The summed E-state index contributed by atoms with van der Waals surface area (Å²) < 4.78 is 25.7. The minimum Gasteiger partial charge on any atom is -0.472 e. The number of primary amides is 1. The molecule has 1 aliphatic heterocycles. The zero-order valence-corrected chi connectivity index (χ0v) is 19.9. The number of carbonyl (C=O) groups is 1. The number of hydrogen-bond acceptors (Lipinski definition) is 9. The molecule has 10 nitrogen and oxygen atoms in total. The summed E-state index contributed by atoms with van der Waals surface area (Å²) in [5.41, 5.74) is 14.0. The number of aromatic nitrogens is 2. The number of hydrogen-bond donors (Lipinski definition) is 4.